The molecule has 0 aliphatic heterocycles. The smallest absolute Gasteiger partial charge is 0.191 e. The Balaban J connectivity index is 0.00000625. The number of benzene rings is 1. The number of hydrogen-bond donors (Lipinski definition) is 2. The van der Waals surface area contributed by atoms with E-state index < -0.39 is 0 Å². The molecule has 0 saturated carbocycles. The van der Waals surface area contributed by atoms with Crippen LogP contribution in [0, 0.1) is 0 Å². The van der Waals surface area contributed by atoms with Gasteiger partial charge in [0.05, 0.1) is 19.8 Å². The van der Waals surface area contributed by atoms with Crippen molar-refractivity contribution in [3.63, 3.8) is 0 Å². The molecule has 0 fully saturated rings. The van der Waals surface area contributed by atoms with Crippen molar-refractivity contribution in [3.05, 3.63) is 35.4 Å². The minimum atomic E-state index is 0. The van der Waals surface area contributed by atoms with Gasteiger partial charge in [0.1, 0.15) is 0 Å². The molecule has 0 saturated heterocycles. The van der Waals surface area contributed by atoms with Gasteiger partial charge in [0.25, 0.3) is 0 Å². The van der Waals surface area contributed by atoms with Gasteiger partial charge >= 0.3 is 0 Å². The zero-order chi connectivity index (χ0) is 18.5. The van der Waals surface area contributed by atoms with Crippen LogP contribution in [0.1, 0.15) is 31.9 Å². The molecule has 0 radical (unpaired) electrons. The van der Waals surface area contributed by atoms with E-state index in [1.807, 2.05) is 18.7 Å². The molecule has 7 heteroatoms. The van der Waals surface area contributed by atoms with Gasteiger partial charge in [-0.05, 0) is 38.2 Å². The molecule has 26 heavy (non-hydrogen) atoms. The number of nitrogens with zero attached hydrogens (tertiary/aromatic N) is 1. The second-order valence-electron chi connectivity index (χ2n) is 6.31. The molecule has 0 bridgehead atoms. The number of hydrogen-bond acceptors (Lipinski definition) is 4. The first kappa shape index (κ1) is 25.5. The van der Waals surface area contributed by atoms with Gasteiger partial charge < -0.3 is 20.1 Å². The zero-order valence-corrected chi connectivity index (χ0v) is 19.8. The van der Waals surface area contributed by atoms with Crippen LogP contribution < -0.4 is 10.6 Å². The molecule has 0 amide bonds. The third-order valence-corrected chi connectivity index (χ3v) is 5.00. The van der Waals surface area contributed by atoms with Crippen molar-refractivity contribution < 1.29 is 9.47 Å². The first-order valence-corrected chi connectivity index (χ1v) is 9.96. The summed E-state index contributed by atoms with van der Waals surface area (Å²) < 4.78 is 11.1. The standard InChI is InChI=1S/C19H33N3O2S.HI/c1-6-23-10-11-24-14-17-9-7-8-16(12-17)13-21-18(20-4)22-15-19(2,3)25-5;/h7-9,12H,6,10-11,13-15H2,1-5H3,(H2,20,21,22);1H. The fraction of sp³-hybridized carbons (Fsp3) is 0.632. The Morgan fingerprint density at radius 1 is 1.15 bits per heavy atom. The molecule has 0 unspecified atom stereocenters. The third-order valence-electron chi connectivity index (χ3n) is 3.75. The van der Waals surface area contributed by atoms with Crippen LogP contribution in [0.15, 0.2) is 29.3 Å². The summed E-state index contributed by atoms with van der Waals surface area (Å²) in [6, 6.07) is 8.41. The van der Waals surface area contributed by atoms with Crippen LogP contribution >= 0.6 is 35.7 Å². The summed E-state index contributed by atoms with van der Waals surface area (Å²) in [5, 5.41) is 6.74. The normalized spacial score (nSPS) is 11.8. The maximum atomic E-state index is 5.63. The summed E-state index contributed by atoms with van der Waals surface area (Å²) in [6.07, 6.45) is 2.12. The van der Waals surface area contributed by atoms with Gasteiger partial charge in [-0.1, -0.05) is 24.3 Å². The topological polar surface area (TPSA) is 54.9 Å². The highest BCUT2D eigenvalue weighted by Crippen LogP contribution is 2.19. The molecule has 1 rings (SSSR count). The highest BCUT2D eigenvalue weighted by atomic mass is 127. The molecule has 150 valence electrons. The fourth-order valence-corrected chi connectivity index (χ4v) is 2.27. The number of rotatable bonds is 11. The molecule has 0 aromatic heterocycles. The third kappa shape index (κ3) is 11.3. The van der Waals surface area contributed by atoms with E-state index in [-0.39, 0.29) is 28.7 Å². The van der Waals surface area contributed by atoms with Gasteiger partial charge in [0.2, 0.25) is 0 Å². The monoisotopic (exact) mass is 495 g/mol. The lowest BCUT2D eigenvalue weighted by atomic mass is 10.1. The van der Waals surface area contributed by atoms with Crippen LogP contribution in [-0.4, -0.2) is 50.4 Å². The summed E-state index contributed by atoms with van der Waals surface area (Å²) >= 11 is 1.84. The molecule has 0 spiro atoms. The van der Waals surface area contributed by atoms with Crippen molar-refractivity contribution in [1.29, 1.82) is 0 Å². The van der Waals surface area contributed by atoms with Crippen LogP contribution in [0.4, 0.5) is 0 Å². The molecule has 2 N–H and O–H groups in total. The minimum Gasteiger partial charge on any atom is -0.379 e. The Morgan fingerprint density at radius 2 is 1.85 bits per heavy atom. The van der Waals surface area contributed by atoms with Crippen LogP contribution in [0.3, 0.4) is 0 Å². The SMILES string of the molecule is CCOCCOCc1cccc(CNC(=NC)NCC(C)(C)SC)c1.I. The average molecular weight is 495 g/mol. The molecule has 0 heterocycles. The van der Waals surface area contributed by atoms with Gasteiger partial charge in [-0.25, -0.2) is 0 Å². The maximum Gasteiger partial charge on any atom is 0.191 e. The van der Waals surface area contributed by atoms with E-state index in [9.17, 15) is 0 Å². The van der Waals surface area contributed by atoms with Crippen molar-refractivity contribution in [3.8, 4) is 0 Å². The molecule has 1 aromatic rings. The Kier molecular flexibility index (Phi) is 14.3. The van der Waals surface area contributed by atoms with Crippen molar-refractivity contribution >= 4 is 41.7 Å². The number of nitrogens with one attached hydrogen (secondary N) is 2. The van der Waals surface area contributed by atoms with Gasteiger partial charge in [-0.2, -0.15) is 11.8 Å². The number of aliphatic imine (C=N–C) groups is 1. The number of guanidine groups is 1. The van der Waals surface area contributed by atoms with E-state index in [1.165, 1.54) is 11.1 Å². The van der Waals surface area contributed by atoms with Crippen molar-refractivity contribution in [1.82, 2.24) is 10.6 Å². The lowest BCUT2D eigenvalue weighted by Crippen LogP contribution is -2.42. The summed E-state index contributed by atoms with van der Waals surface area (Å²) in [5.41, 5.74) is 2.38. The summed E-state index contributed by atoms with van der Waals surface area (Å²) in [4.78, 5) is 4.29. The van der Waals surface area contributed by atoms with Crippen LogP contribution in [-0.2, 0) is 22.6 Å². The number of thioether (sulfide) groups is 1. The summed E-state index contributed by atoms with van der Waals surface area (Å²) in [5.74, 6) is 0.820. The maximum absolute atomic E-state index is 5.63. The zero-order valence-electron chi connectivity index (χ0n) is 16.6. The van der Waals surface area contributed by atoms with Crippen LogP contribution in [0.2, 0.25) is 0 Å². The molecular formula is C19H34IN3O2S. The molecule has 0 atom stereocenters. The van der Waals surface area contributed by atoms with Gasteiger partial charge in [0, 0.05) is 31.5 Å². The summed E-state index contributed by atoms with van der Waals surface area (Å²) in [6.45, 7) is 10.6. The second-order valence-corrected chi connectivity index (χ2v) is 7.83. The van der Waals surface area contributed by atoms with Crippen LogP contribution in [0.5, 0.6) is 0 Å². The predicted octanol–water partition coefficient (Wildman–Crippen LogP) is 3.66. The summed E-state index contributed by atoms with van der Waals surface area (Å²) in [7, 11) is 1.80. The highest BCUT2D eigenvalue weighted by molar-refractivity contribution is 14.0. The molecular weight excluding hydrogens is 461 g/mol. The Bertz CT molecular complexity index is 527. The van der Waals surface area contributed by atoms with E-state index >= 15 is 0 Å². The number of halogens is 1. The van der Waals surface area contributed by atoms with E-state index in [1.54, 1.807) is 7.05 Å². The first-order chi connectivity index (χ1) is 12.0. The minimum absolute atomic E-state index is 0. The van der Waals surface area contributed by atoms with Crippen LogP contribution in [0.25, 0.3) is 0 Å². The van der Waals surface area contributed by atoms with E-state index in [0.717, 1.165) is 25.7 Å². The van der Waals surface area contributed by atoms with Gasteiger partial charge in [-0.3, -0.25) is 4.99 Å². The van der Waals surface area contributed by atoms with Crippen molar-refractivity contribution in [2.45, 2.75) is 38.7 Å². The predicted molar refractivity (Wildman–Crippen MR) is 124 cm³/mol. The Hall–Kier alpha value is -0.510. The van der Waals surface area contributed by atoms with E-state index in [4.69, 9.17) is 9.47 Å². The molecule has 0 aliphatic carbocycles. The first-order valence-electron chi connectivity index (χ1n) is 8.73. The second kappa shape index (κ2) is 14.5. The quantitative estimate of drug-likeness (QED) is 0.213. The Morgan fingerprint density at radius 3 is 2.50 bits per heavy atom. The largest absolute Gasteiger partial charge is 0.379 e. The van der Waals surface area contributed by atoms with Crippen molar-refractivity contribution in [2.75, 3.05) is 39.7 Å². The molecule has 5 nitrogen and oxygen atoms in total. The lowest BCUT2D eigenvalue weighted by Gasteiger charge is -2.23. The molecule has 0 aliphatic rings. The lowest BCUT2D eigenvalue weighted by molar-refractivity contribution is 0.0453. The fourth-order valence-electron chi connectivity index (χ4n) is 2.06. The van der Waals surface area contributed by atoms with E-state index in [0.29, 0.717) is 19.8 Å². The average Bonchev–Trinajstić information content (AvgIpc) is 2.62. The molecule has 1 aromatic carbocycles. The van der Waals surface area contributed by atoms with Gasteiger partial charge in [-0.15, -0.1) is 24.0 Å². The Labute approximate surface area is 180 Å². The van der Waals surface area contributed by atoms with Crippen molar-refractivity contribution in [2.24, 2.45) is 4.99 Å². The number of ether oxygens (including phenoxy) is 2. The van der Waals surface area contributed by atoms with Gasteiger partial charge in [0.15, 0.2) is 5.96 Å². The highest BCUT2D eigenvalue weighted by Gasteiger charge is 2.15. The van der Waals surface area contributed by atoms with E-state index in [2.05, 4.69) is 60.0 Å².